The fourth-order valence-electron chi connectivity index (χ4n) is 5.55. The van der Waals surface area contributed by atoms with Crippen LogP contribution in [0.2, 0.25) is 0 Å². The minimum Gasteiger partial charge on any atom is -0.394 e. The van der Waals surface area contributed by atoms with E-state index >= 15 is 0 Å². The number of aliphatic hydroxyl groups is 1. The van der Waals surface area contributed by atoms with Gasteiger partial charge < -0.3 is 60.8 Å². The zero-order chi connectivity index (χ0) is 39.9. The number of nitrogens with zero attached hydrogens (tertiary/aromatic N) is 3. The third-order valence-electron chi connectivity index (χ3n) is 8.26. The number of nitrogens with one attached hydrogen (secondary N) is 4. The highest BCUT2D eigenvalue weighted by Crippen LogP contribution is 2.38. The van der Waals surface area contributed by atoms with Crippen molar-refractivity contribution in [1.29, 1.82) is 0 Å². The molecule has 0 spiro atoms. The van der Waals surface area contributed by atoms with E-state index in [9.17, 15) is 38.4 Å². The Kier molecular flexibility index (Phi) is 18.5. The van der Waals surface area contributed by atoms with Gasteiger partial charge in [-0.2, -0.15) is 0 Å². The summed E-state index contributed by atoms with van der Waals surface area (Å²) in [6, 6.07) is -6.84. The van der Waals surface area contributed by atoms with Crippen LogP contribution < -0.4 is 27.0 Å². The quantitative estimate of drug-likeness (QED) is 0.0405. The van der Waals surface area contributed by atoms with Crippen molar-refractivity contribution in [2.45, 2.75) is 89.2 Å². The lowest BCUT2D eigenvalue weighted by Gasteiger charge is -2.29. The molecule has 0 bridgehead atoms. The van der Waals surface area contributed by atoms with Gasteiger partial charge in [-0.25, -0.2) is 9.55 Å². The first-order chi connectivity index (χ1) is 24.9. The Labute approximate surface area is 307 Å². The number of ether oxygens (including phenoxy) is 2. The van der Waals surface area contributed by atoms with E-state index in [4.69, 9.17) is 25.0 Å². The van der Waals surface area contributed by atoms with Gasteiger partial charge in [-0.3, -0.25) is 33.3 Å². The molecule has 0 aliphatic carbocycles. The highest BCUT2D eigenvalue weighted by Gasteiger charge is 2.38. The van der Waals surface area contributed by atoms with E-state index in [0.717, 1.165) is 6.92 Å². The maximum Gasteiger partial charge on any atom is 0.469 e. The molecule has 22 heteroatoms. The van der Waals surface area contributed by atoms with Crippen molar-refractivity contribution in [3.8, 4) is 0 Å². The van der Waals surface area contributed by atoms with Gasteiger partial charge >= 0.3 is 7.82 Å². The smallest absolute Gasteiger partial charge is 0.394 e. The summed E-state index contributed by atoms with van der Waals surface area (Å²) in [6.07, 6.45) is 2.35. The van der Waals surface area contributed by atoms with Crippen molar-refractivity contribution in [2.75, 3.05) is 40.1 Å². The summed E-state index contributed by atoms with van der Waals surface area (Å²) in [4.78, 5) is 103. The third kappa shape index (κ3) is 15.1. The SMILES string of the molecule is COCCOCCC(=O)N1CCC[C@H]1C(=O)N[C@@H](CC(C)C)C(=O)N[C@@H](Cc1cncn1C)C(=O)N[C@@H](CO)C(=O)N[C@H](C(N)=O)C(C)OP(=O)(O)O. The van der Waals surface area contributed by atoms with Gasteiger partial charge in [-0.15, -0.1) is 0 Å². The number of primary amides is 1. The molecular weight excluding hydrogens is 723 g/mol. The number of carbonyl (C=O) groups is 6. The molecular formula is C31H53N8O13P. The van der Waals surface area contributed by atoms with Gasteiger partial charge in [0.2, 0.25) is 35.4 Å². The minimum atomic E-state index is -5.10. The topological polar surface area (TPSA) is 303 Å². The summed E-state index contributed by atoms with van der Waals surface area (Å²) in [5.74, 6) is -4.97. The van der Waals surface area contributed by atoms with Crippen LogP contribution in [0.25, 0.3) is 0 Å². The first-order valence-corrected chi connectivity index (χ1v) is 18.6. The molecule has 53 heavy (non-hydrogen) atoms. The van der Waals surface area contributed by atoms with Crippen molar-refractivity contribution >= 4 is 43.3 Å². The number of aromatic nitrogens is 2. The molecule has 21 nitrogen and oxygen atoms in total. The lowest BCUT2D eigenvalue weighted by molar-refractivity contribution is -0.140. The van der Waals surface area contributed by atoms with E-state index in [1.54, 1.807) is 11.6 Å². The zero-order valence-electron chi connectivity index (χ0n) is 30.6. The minimum absolute atomic E-state index is 0.0600. The van der Waals surface area contributed by atoms with Crippen LogP contribution in [0.1, 0.15) is 52.1 Å². The van der Waals surface area contributed by atoms with Crippen molar-refractivity contribution in [3.63, 3.8) is 0 Å². The van der Waals surface area contributed by atoms with Crippen LogP contribution in [0.3, 0.4) is 0 Å². The monoisotopic (exact) mass is 776 g/mol. The number of phosphoric ester groups is 1. The lowest BCUT2D eigenvalue weighted by Crippen LogP contribution is -2.61. The number of likely N-dealkylation sites (tertiary alicyclic amines) is 1. The second-order valence-corrected chi connectivity index (χ2v) is 14.2. The Hall–Kier alpha value is -3.98. The van der Waals surface area contributed by atoms with E-state index in [2.05, 4.69) is 30.8 Å². The number of hydrogen-bond acceptors (Lipinski definition) is 12. The molecule has 0 saturated carbocycles. The molecule has 2 heterocycles. The van der Waals surface area contributed by atoms with Gasteiger partial charge in [0.1, 0.15) is 30.2 Å². The summed E-state index contributed by atoms with van der Waals surface area (Å²) in [6.45, 7) is 4.94. The van der Waals surface area contributed by atoms with Crippen LogP contribution in [0.5, 0.6) is 0 Å². The molecule has 2 rings (SSSR count). The van der Waals surface area contributed by atoms with Gasteiger partial charge in [-0.1, -0.05) is 13.8 Å². The molecule has 300 valence electrons. The number of aryl methyl sites for hydroxylation is 1. The van der Waals surface area contributed by atoms with Gasteiger partial charge in [0.05, 0.1) is 45.3 Å². The number of phosphoric acid groups is 1. The molecule has 1 fully saturated rings. The van der Waals surface area contributed by atoms with E-state index in [0.29, 0.717) is 38.3 Å². The normalized spacial score (nSPS) is 17.4. The first-order valence-electron chi connectivity index (χ1n) is 17.0. The van der Waals surface area contributed by atoms with Gasteiger partial charge in [-0.05, 0) is 32.1 Å². The summed E-state index contributed by atoms with van der Waals surface area (Å²) < 4.78 is 27.6. The number of amides is 6. The Morgan fingerprint density at radius 3 is 2.19 bits per heavy atom. The number of nitrogens with two attached hydrogens (primary N) is 1. The van der Waals surface area contributed by atoms with Crippen molar-refractivity contribution in [1.82, 2.24) is 35.7 Å². The molecule has 0 aromatic carbocycles. The van der Waals surface area contributed by atoms with Crippen molar-refractivity contribution in [2.24, 2.45) is 18.7 Å². The standard InChI is InChI=1S/C31H53N8O13P/c1-18(2)13-21(35-31(46)24-7-6-9-39(24)25(41)8-10-51-12-11-50-5)28(43)34-22(14-20-15-33-17-38(20)4)29(44)36-23(16-40)30(45)37-26(27(32)42)19(3)52-53(47,48)49/h15,17-19,21-24,26,40H,6-14,16H2,1-5H3,(H2,32,42)(H,34,43)(H,35,46)(H,36,44)(H,37,45)(H2,47,48,49)/t19?,21-,22-,23-,24-,26-/m0/s1. The second-order valence-electron chi connectivity index (χ2n) is 13.0. The second kappa shape index (κ2) is 21.7. The van der Waals surface area contributed by atoms with E-state index in [1.807, 2.05) is 13.8 Å². The van der Waals surface area contributed by atoms with Gasteiger partial charge in [0.25, 0.3) is 0 Å². The number of methoxy groups -OCH3 is 1. The Morgan fingerprint density at radius 1 is 0.981 bits per heavy atom. The van der Waals surface area contributed by atoms with Crippen LogP contribution in [0, 0.1) is 5.92 Å². The first kappa shape index (κ1) is 45.2. The van der Waals surface area contributed by atoms with E-state index in [1.165, 1.54) is 24.5 Å². The molecule has 9 N–H and O–H groups in total. The van der Waals surface area contributed by atoms with Crippen LogP contribution >= 0.6 is 7.82 Å². The number of hydrogen-bond donors (Lipinski definition) is 8. The fourth-order valence-corrected chi connectivity index (χ4v) is 6.10. The zero-order valence-corrected chi connectivity index (χ0v) is 31.5. The van der Waals surface area contributed by atoms with Gasteiger partial charge in [0, 0.05) is 39.0 Å². The maximum absolute atomic E-state index is 13.8. The fraction of sp³-hybridized carbons (Fsp3) is 0.710. The predicted molar refractivity (Wildman–Crippen MR) is 185 cm³/mol. The van der Waals surface area contributed by atoms with Crippen LogP contribution in [0.15, 0.2) is 12.5 Å². The molecule has 1 aromatic rings. The van der Waals surface area contributed by atoms with Crippen LogP contribution in [0.4, 0.5) is 0 Å². The Bertz CT molecular complexity index is 1450. The maximum atomic E-state index is 13.8. The Morgan fingerprint density at radius 2 is 1.62 bits per heavy atom. The molecule has 1 aromatic heterocycles. The molecule has 1 saturated heterocycles. The number of imidazole rings is 1. The molecule has 0 radical (unpaired) electrons. The van der Waals surface area contributed by atoms with Crippen LogP contribution in [-0.2, 0) is 60.8 Å². The lowest BCUT2D eigenvalue weighted by atomic mass is 10.0. The molecule has 1 aliphatic rings. The average Bonchev–Trinajstić information content (AvgIpc) is 3.73. The molecule has 1 unspecified atom stereocenters. The highest BCUT2D eigenvalue weighted by molar-refractivity contribution is 7.46. The van der Waals surface area contributed by atoms with Crippen molar-refractivity contribution in [3.05, 3.63) is 18.2 Å². The number of carbonyl (C=O) groups excluding carboxylic acids is 6. The summed E-state index contributed by atoms with van der Waals surface area (Å²) in [5.41, 5.74) is 5.77. The van der Waals surface area contributed by atoms with E-state index in [-0.39, 0.29) is 37.7 Å². The largest absolute Gasteiger partial charge is 0.469 e. The predicted octanol–water partition coefficient (Wildman–Crippen LogP) is -3.03. The molecule has 6 amide bonds. The summed E-state index contributed by atoms with van der Waals surface area (Å²) >= 11 is 0. The Balaban J connectivity index is 2.23. The summed E-state index contributed by atoms with van der Waals surface area (Å²) in [5, 5.41) is 19.8. The van der Waals surface area contributed by atoms with Crippen molar-refractivity contribution < 1.29 is 62.2 Å². The molecule has 6 atom stereocenters. The van der Waals surface area contributed by atoms with Gasteiger partial charge in [0.15, 0.2) is 0 Å². The molecule has 1 aliphatic heterocycles. The third-order valence-corrected chi connectivity index (χ3v) is 8.87. The number of aliphatic hydroxyl groups excluding tert-OH is 1. The average molecular weight is 777 g/mol. The number of rotatable bonds is 23. The van der Waals surface area contributed by atoms with E-state index < -0.39 is 80.3 Å². The summed E-state index contributed by atoms with van der Waals surface area (Å²) in [7, 11) is -1.92. The highest BCUT2D eigenvalue weighted by atomic mass is 31.2. The van der Waals surface area contributed by atoms with Crippen LogP contribution in [-0.4, -0.2) is 141 Å².